The predicted octanol–water partition coefficient (Wildman–Crippen LogP) is 10.3. The van der Waals surface area contributed by atoms with Crippen molar-refractivity contribution in [3.05, 3.63) is 102 Å². The molecule has 8 aromatic rings. The Balaban J connectivity index is 1.51. The first-order valence-electron chi connectivity index (χ1n) is 11.2. The number of nitrogens with zero attached hydrogens (tertiary/aromatic N) is 1. The van der Waals surface area contributed by atoms with Crippen LogP contribution in [0.3, 0.4) is 0 Å². The van der Waals surface area contributed by atoms with Crippen molar-refractivity contribution in [3.63, 3.8) is 0 Å². The van der Waals surface area contributed by atoms with Crippen LogP contribution in [0.25, 0.3) is 67.8 Å². The van der Waals surface area contributed by atoms with Gasteiger partial charge in [0.25, 0.3) is 0 Å². The molecule has 0 N–H and O–H groups in total. The third kappa shape index (κ3) is 2.59. The molecule has 0 amide bonds. The lowest BCUT2D eigenvalue weighted by Crippen LogP contribution is -1.93. The molecule has 0 aliphatic carbocycles. The molecule has 0 saturated heterocycles. The zero-order chi connectivity index (χ0) is 22.4. The van der Waals surface area contributed by atoms with Crippen LogP contribution < -0.4 is 0 Å². The van der Waals surface area contributed by atoms with E-state index >= 15 is 0 Å². The van der Waals surface area contributed by atoms with Gasteiger partial charge in [0, 0.05) is 61.3 Å². The molecule has 8 rings (SSSR count). The SMILES string of the molecule is Brc1ccc2c3cc4c(cc3n(-c3ccc5c(c3)sc3ccccc35)c2c1)sc1ccccc14. The van der Waals surface area contributed by atoms with Crippen LogP contribution >= 0.6 is 38.6 Å². The lowest BCUT2D eigenvalue weighted by atomic mass is 10.1. The highest BCUT2D eigenvalue weighted by Crippen LogP contribution is 2.42. The number of thiophene rings is 2. The molecule has 34 heavy (non-hydrogen) atoms. The van der Waals surface area contributed by atoms with Crippen molar-refractivity contribution in [2.45, 2.75) is 0 Å². The molecule has 5 aromatic carbocycles. The van der Waals surface area contributed by atoms with Crippen molar-refractivity contribution in [1.29, 1.82) is 0 Å². The van der Waals surface area contributed by atoms with Crippen molar-refractivity contribution in [3.8, 4) is 5.69 Å². The molecule has 0 bridgehead atoms. The summed E-state index contributed by atoms with van der Waals surface area (Å²) < 4.78 is 8.87. The molecular formula is C30H16BrNS2. The van der Waals surface area contributed by atoms with Gasteiger partial charge in [0.15, 0.2) is 0 Å². The molecule has 0 saturated carbocycles. The first-order chi connectivity index (χ1) is 16.7. The van der Waals surface area contributed by atoms with Crippen molar-refractivity contribution < 1.29 is 0 Å². The Kier molecular flexibility index (Phi) is 3.90. The van der Waals surface area contributed by atoms with Gasteiger partial charge in [-0.15, -0.1) is 22.7 Å². The van der Waals surface area contributed by atoms with Gasteiger partial charge in [0.1, 0.15) is 0 Å². The van der Waals surface area contributed by atoms with E-state index in [4.69, 9.17) is 0 Å². The number of hydrogen-bond acceptors (Lipinski definition) is 2. The van der Waals surface area contributed by atoms with Crippen LogP contribution in [0, 0.1) is 0 Å². The number of rotatable bonds is 1. The summed E-state index contributed by atoms with van der Waals surface area (Å²) >= 11 is 7.47. The number of halogens is 1. The van der Waals surface area contributed by atoms with E-state index in [1.165, 1.54) is 67.8 Å². The van der Waals surface area contributed by atoms with Crippen LogP contribution in [0.2, 0.25) is 0 Å². The second-order valence-corrected chi connectivity index (χ2v) is 11.8. The minimum Gasteiger partial charge on any atom is -0.309 e. The smallest absolute Gasteiger partial charge is 0.0555 e. The van der Waals surface area contributed by atoms with Gasteiger partial charge in [-0.3, -0.25) is 0 Å². The molecule has 160 valence electrons. The number of hydrogen-bond donors (Lipinski definition) is 0. The quantitative estimate of drug-likeness (QED) is 0.197. The van der Waals surface area contributed by atoms with E-state index < -0.39 is 0 Å². The van der Waals surface area contributed by atoms with Gasteiger partial charge in [-0.05, 0) is 48.5 Å². The van der Waals surface area contributed by atoms with Gasteiger partial charge in [0.05, 0.1) is 11.0 Å². The van der Waals surface area contributed by atoms with Crippen LogP contribution in [-0.4, -0.2) is 4.57 Å². The molecule has 0 unspecified atom stereocenters. The average Bonchev–Trinajstić information content (AvgIpc) is 3.50. The van der Waals surface area contributed by atoms with E-state index in [-0.39, 0.29) is 0 Å². The number of fused-ring (bicyclic) bond motifs is 9. The molecule has 0 fully saturated rings. The maximum Gasteiger partial charge on any atom is 0.0555 e. The van der Waals surface area contributed by atoms with Gasteiger partial charge in [-0.1, -0.05) is 64.5 Å². The highest BCUT2D eigenvalue weighted by atomic mass is 79.9. The van der Waals surface area contributed by atoms with E-state index in [1.807, 2.05) is 22.7 Å². The second kappa shape index (κ2) is 6.92. The fourth-order valence-corrected chi connectivity index (χ4v) is 7.95. The van der Waals surface area contributed by atoms with Crippen molar-refractivity contribution in [2.24, 2.45) is 0 Å². The molecular weight excluding hydrogens is 518 g/mol. The van der Waals surface area contributed by atoms with Crippen LogP contribution in [0.4, 0.5) is 0 Å². The fourth-order valence-electron chi connectivity index (χ4n) is 5.34. The Morgan fingerprint density at radius 1 is 0.471 bits per heavy atom. The minimum atomic E-state index is 1.10. The summed E-state index contributed by atoms with van der Waals surface area (Å²) in [6.45, 7) is 0. The second-order valence-electron chi connectivity index (χ2n) is 8.74. The van der Waals surface area contributed by atoms with Gasteiger partial charge in [-0.25, -0.2) is 0 Å². The van der Waals surface area contributed by atoms with Crippen molar-refractivity contribution in [2.75, 3.05) is 0 Å². The van der Waals surface area contributed by atoms with Crippen LogP contribution in [0.1, 0.15) is 0 Å². The highest BCUT2D eigenvalue weighted by molar-refractivity contribution is 9.10. The largest absolute Gasteiger partial charge is 0.309 e. The molecule has 3 aromatic heterocycles. The summed E-state index contributed by atoms with van der Waals surface area (Å²) in [5.41, 5.74) is 3.69. The normalized spacial score (nSPS) is 12.3. The third-order valence-electron chi connectivity index (χ3n) is 6.85. The maximum absolute atomic E-state index is 3.72. The summed E-state index contributed by atoms with van der Waals surface area (Å²) in [6, 6.07) is 35.8. The molecule has 0 spiro atoms. The summed E-state index contributed by atoms with van der Waals surface area (Å²) in [5.74, 6) is 0. The zero-order valence-electron chi connectivity index (χ0n) is 17.9. The molecule has 0 atom stereocenters. The minimum absolute atomic E-state index is 1.10. The van der Waals surface area contributed by atoms with Crippen molar-refractivity contribution in [1.82, 2.24) is 4.57 Å². The molecule has 4 heteroatoms. The molecule has 0 aliphatic rings. The maximum atomic E-state index is 3.72. The Morgan fingerprint density at radius 3 is 1.88 bits per heavy atom. The van der Waals surface area contributed by atoms with E-state index in [0.717, 1.165) is 4.47 Å². The van der Waals surface area contributed by atoms with Crippen LogP contribution in [-0.2, 0) is 0 Å². The Labute approximate surface area is 211 Å². The predicted molar refractivity (Wildman–Crippen MR) is 154 cm³/mol. The van der Waals surface area contributed by atoms with E-state index in [0.29, 0.717) is 0 Å². The van der Waals surface area contributed by atoms with E-state index in [2.05, 4.69) is 118 Å². The molecule has 3 heterocycles. The Morgan fingerprint density at radius 2 is 1.09 bits per heavy atom. The first-order valence-corrected chi connectivity index (χ1v) is 13.6. The lowest BCUT2D eigenvalue weighted by Gasteiger charge is -2.08. The fraction of sp³-hybridized carbons (Fsp3) is 0. The van der Waals surface area contributed by atoms with E-state index in [1.54, 1.807) is 0 Å². The third-order valence-corrected chi connectivity index (χ3v) is 9.61. The van der Waals surface area contributed by atoms with E-state index in [9.17, 15) is 0 Å². The van der Waals surface area contributed by atoms with Crippen LogP contribution in [0.5, 0.6) is 0 Å². The zero-order valence-corrected chi connectivity index (χ0v) is 21.1. The first kappa shape index (κ1) is 19.2. The summed E-state index contributed by atoms with van der Waals surface area (Å²) in [7, 11) is 0. The van der Waals surface area contributed by atoms with Gasteiger partial charge < -0.3 is 4.57 Å². The molecule has 1 nitrogen and oxygen atoms in total. The topological polar surface area (TPSA) is 4.93 Å². The monoisotopic (exact) mass is 533 g/mol. The molecule has 0 aliphatic heterocycles. The number of benzene rings is 5. The van der Waals surface area contributed by atoms with Crippen molar-refractivity contribution >= 4 is 101 Å². The Bertz CT molecular complexity index is 2090. The molecule has 0 radical (unpaired) electrons. The summed E-state index contributed by atoms with van der Waals surface area (Å²) in [5, 5.41) is 7.94. The summed E-state index contributed by atoms with van der Waals surface area (Å²) in [6.07, 6.45) is 0. The lowest BCUT2D eigenvalue weighted by molar-refractivity contribution is 1.19. The highest BCUT2D eigenvalue weighted by Gasteiger charge is 2.16. The number of aromatic nitrogens is 1. The van der Waals surface area contributed by atoms with Gasteiger partial charge in [-0.2, -0.15) is 0 Å². The Hall–Kier alpha value is -3.18. The average molecular weight is 535 g/mol. The summed E-state index contributed by atoms with van der Waals surface area (Å²) in [4.78, 5) is 0. The van der Waals surface area contributed by atoms with Gasteiger partial charge in [0.2, 0.25) is 0 Å². The van der Waals surface area contributed by atoms with Gasteiger partial charge >= 0.3 is 0 Å². The standard InChI is InChI=1S/C30H16BrNS2/c31-17-9-11-19-23-15-24-21-6-2-4-8-28(21)34-30(24)16-26(23)32(25(19)13-17)18-10-12-22-20-5-1-3-7-27(20)33-29(22)14-18/h1-16H. The van der Waals surface area contributed by atoms with Crippen LogP contribution in [0.15, 0.2) is 102 Å².